The van der Waals surface area contributed by atoms with Gasteiger partial charge in [0.2, 0.25) is 5.91 Å². The van der Waals surface area contributed by atoms with Crippen molar-refractivity contribution in [3.63, 3.8) is 0 Å². The minimum absolute atomic E-state index is 0.0960. The topological polar surface area (TPSA) is 29.5 Å². The van der Waals surface area contributed by atoms with Crippen LogP contribution in [0.3, 0.4) is 0 Å². The lowest BCUT2D eigenvalue weighted by atomic mass is 10.0. The molecule has 0 spiro atoms. The number of likely N-dealkylation sites (tertiary alicyclic amines) is 1. The molecule has 1 aliphatic heterocycles. The summed E-state index contributed by atoms with van der Waals surface area (Å²) in [5.74, 6) is 1.36. The Balaban J connectivity index is 2.15. The number of benzene rings is 1. The second-order valence-corrected chi connectivity index (χ2v) is 6.60. The van der Waals surface area contributed by atoms with Gasteiger partial charge >= 0.3 is 0 Å². The number of hydrogen-bond donors (Lipinski definition) is 0. The second-order valence-electron chi connectivity index (χ2n) is 5.61. The van der Waals surface area contributed by atoms with Gasteiger partial charge in [0.05, 0.1) is 18.0 Å². The number of carbonyl (C=O) groups is 1. The SMILES string of the molecule is COc1ccc(C2CCCN2C(=O)C(Br)C(C)C)cc1. The number of ether oxygens (including phenoxy) is 1. The van der Waals surface area contributed by atoms with Gasteiger partial charge in [0, 0.05) is 6.54 Å². The predicted molar refractivity (Wildman–Crippen MR) is 84.2 cm³/mol. The standard InChI is InChI=1S/C16H22BrNO2/c1-11(2)15(17)16(19)18-10-4-5-14(18)12-6-8-13(20-3)9-7-12/h6-9,11,14-15H,4-5,10H2,1-3H3. The molecule has 0 saturated carbocycles. The average molecular weight is 340 g/mol. The summed E-state index contributed by atoms with van der Waals surface area (Å²) in [5.41, 5.74) is 1.19. The third kappa shape index (κ3) is 3.17. The Hall–Kier alpha value is -1.03. The maximum absolute atomic E-state index is 12.5. The van der Waals surface area contributed by atoms with Gasteiger partial charge in [-0.15, -0.1) is 0 Å². The van der Waals surface area contributed by atoms with Gasteiger partial charge in [0.25, 0.3) is 0 Å². The van der Waals surface area contributed by atoms with Crippen LogP contribution in [0.15, 0.2) is 24.3 Å². The van der Waals surface area contributed by atoms with Crippen molar-refractivity contribution in [2.45, 2.75) is 37.6 Å². The van der Waals surface area contributed by atoms with Gasteiger partial charge in [0.15, 0.2) is 0 Å². The van der Waals surface area contributed by atoms with Crippen molar-refractivity contribution in [3.8, 4) is 5.75 Å². The highest BCUT2D eigenvalue weighted by Gasteiger charge is 2.33. The van der Waals surface area contributed by atoms with Crippen LogP contribution in [0.4, 0.5) is 0 Å². The van der Waals surface area contributed by atoms with Crippen LogP contribution in [0, 0.1) is 5.92 Å². The summed E-state index contributed by atoms with van der Waals surface area (Å²) < 4.78 is 5.19. The van der Waals surface area contributed by atoms with Crippen molar-refractivity contribution < 1.29 is 9.53 Å². The molecule has 1 aromatic carbocycles. The highest BCUT2D eigenvalue weighted by atomic mass is 79.9. The quantitative estimate of drug-likeness (QED) is 0.781. The molecule has 2 rings (SSSR count). The molecule has 2 atom stereocenters. The molecule has 4 heteroatoms. The molecule has 1 fully saturated rings. The van der Waals surface area contributed by atoms with E-state index in [0.29, 0.717) is 5.92 Å². The first kappa shape index (κ1) is 15.4. The lowest BCUT2D eigenvalue weighted by Gasteiger charge is -2.28. The molecule has 1 saturated heterocycles. The smallest absolute Gasteiger partial charge is 0.237 e. The highest BCUT2D eigenvalue weighted by molar-refractivity contribution is 9.10. The van der Waals surface area contributed by atoms with Crippen molar-refractivity contribution in [1.29, 1.82) is 0 Å². The lowest BCUT2D eigenvalue weighted by Crippen LogP contribution is -2.38. The van der Waals surface area contributed by atoms with E-state index in [0.717, 1.165) is 25.1 Å². The number of methoxy groups -OCH3 is 1. The van der Waals surface area contributed by atoms with Gasteiger partial charge in [-0.2, -0.15) is 0 Å². The summed E-state index contributed by atoms with van der Waals surface area (Å²) in [7, 11) is 1.67. The Morgan fingerprint density at radius 3 is 2.55 bits per heavy atom. The lowest BCUT2D eigenvalue weighted by molar-refractivity contribution is -0.132. The third-order valence-corrected chi connectivity index (χ3v) is 5.31. The van der Waals surface area contributed by atoms with E-state index in [4.69, 9.17) is 4.74 Å². The number of hydrogen-bond acceptors (Lipinski definition) is 2. The molecular weight excluding hydrogens is 318 g/mol. The summed E-state index contributed by atoms with van der Waals surface area (Å²) in [5, 5.41) is 0. The molecule has 0 bridgehead atoms. The van der Waals surface area contributed by atoms with E-state index in [9.17, 15) is 4.79 Å². The molecular formula is C16H22BrNO2. The molecule has 110 valence electrons. The van der Waals surface area contributed by atoms with Crippen LogP contribution >= 0.6 is 15.9 Å². The van der Waals surface area contributed by atoms with Crippen LogP contribution < -0.4 is 4.74 Å². The summed E-state index contributed by atoms with van der Waals surface area (Å²) in [6.07, 6.45) is 2.11. The summed E-state index contributed by atoms with van der Waals surface area (Å²) >= 11 is 3.53. The molecule has 1 amide bonds. The van der Waals surface area contributed by atoms with Crippen molar-refractivity contribution in [3.05, 3.63) is 29.8 Å². The van der Waals surface area contributed by atoms with E-state index in [1.165, 1.54) is 5.56 Å². The van der Waals surface area contributed by atoms with Crippen LogP contribution in [0.1, 0.15) is 38.3 Å². The summed E-state index contributed by atoms with van der Waals surface area (Å²) in [4.78, 5) is 14.5. The van der Waals surface area contributed by atoms with Crippen LogP contribution in [-0.2, 0) is 4.79 Å². The molecule has 1 aromatic rings. The zero-order valence-electron chi connectivity index (χ0n) is 12.3. The summed E-state index contributed by atoms with van der Waals surface area (Å²) in [6, 6.07) is 8.25. The normalized spacial score (nSPS) is 20.2. The van der Waals surface area contributed by atoms with E-state index >= 15 is 0 Å². The first-order valence-corrected chi connectivity index (χ1v) is 8.04. The van der Waals surface area contributed by atoms with Gasteiger partial charge in [-0.25, -0.2) is 0 Å². The minimum atomic E-state index is -0.0960. The van der Waals surface area contributed by atoms with Gasteiger partial charge in [-0.3, -0.25) is 4.79 Å². The molecule has 1 heterocycles. The Kier molecular flexibility index (Phi) is 5.08. The van der Waals surface area contributed by atoms with Crippen molar-refractivity contribution >= 4 is 21.8 Å². The zero-order chi connectivity index (χ0) is 14.7. The van der Waals surface area contributed by atoms with Crippen LogP contribution in [-0.4, -0.2) is 29.3 Å². The first-order valence-electron chi connectivity index (χ1n) is 7.13. The number of carbonyl (C=O) groups excluding carboxylic acids is 1. The number of rotatable bonds is 4. The Bertz CT molecular complexity index is 458. The van der Waals surface area contributed by atoms with Gasteiger partial charge in [-0.05, 0) is 36.5 Å². The van der Waals surface area contributed by atoms with E-state index < -0.39 is 0 Å². The van der Waals surface area contributed by atoms with Crippen LogP contribution in [0.5, 0.6) is 5.75 Å². The average Bonchev–Trinajstić information content (AvgIpc) is 2.95. The Labute approximate surface area is 129 Å². The van der Waals surface area contributed by atoms with Gasteiger partial charge in [-0.1, -0.05) is 41.9 Å². The summed E-state index contributed by atoms with van der Waals surface area (Å²) in [6.45, 7) is 4.98. The van der Waals surface area contributed by atoms with E-state index in [-0.39, 0.29) is 16.8 Å². The maximum Gasteiger partial charge on any atom is 0.237 e. The number of amides is 1. The van der Waals surface area contributed by atoms with E-state index in [1.54, 1.807) is 7.11 Å². The maximum atomic E-state index is 12.5. The fourth-order valence-corrected chi connectivity index (χ4v) is 2.91. The van der Waals surface area contributed by atoms with Crippen molar-refractivity contribution in [2.75, 3.05) is 13.7 Å². The van der Waals surface area contributed by atoms with E-state index in [2.05, 4.69) is 41.9 Å². The molecule has 3 nitrogen and oxygen atoms in total. The van der Waals surface area contributed by atoms with Crippen molar-refractivity contribution in [2.24, 2.45) is 5.92 Å². The molecule has 0 aliphatic carbocycles. The fraction of sp³-hybridized carbons (Fsp3) is 0.562. The minimum Gasteiger partial charge on any atom is -0.497 e. The fourth-order valence-electron chi connectivity index (χ4n) is 2.65. The van der Waals surface area contributed by atoms with Crippen LogP contribution in [0.25, 0.3) is 0 Å². The van der Waals surface area contributed by atoms with Crippen LogP contribution in [0.2, 0.25) is 0 Å². The third-order valence-electron chi connectivity index (χ3n) is 3.86. The molecule has 0 aromatic heterocycles. The zero-order valence-corrected chi connectivity index (χ0v) is 13.9. The largest absolute Gasteiger partial charge is 0.497 e. The van der Waals surface area contributed by atoms with Gasteiger partial charge < -0.3 is 9.64 Å². The van der Waals surface area contributed by atoms with E-state index in [1.807, 2.05) is 17.0 Å². The monoisotopic (exact) mass is 339 g/mol. The van der Waals surface area contributed by atoms with Crippen molar-refractivity contribution in [1.82, 2.24) is 4.90 Å². The van der Waals surface area contributed by atoms with Gasteiger partial charge in [0.1, 0.15) is 5.75 Å². The molecule has 0 N–H and O–H groups in total. The highest BCUT2D eigenvalue weighted by Crippen LogP contribution is 2.34. The second kappa shape index (κ2) is 6.61. The number of halogens is 1. The predicted octanol–water partition coefficient (Wildman–Crippen LogP) is 3.78. The molecule has 0 radical (unpaired) electrons. The Morgan fingerprint density at radius 1 is 1.35 bits per heavy atom. The molecule has 20 heavy (non-hydrogen) atoms. The first-order chi connectivity index (χ1) is 9.54. The Morgan fingerprint density at radius 2 is 2.00 bits per heavy atom. The molecule has 1 aliphatic rings. The number of alkyl halides is 1. The number of nitrogens with zero attached hydrogens (tertiary/aromatic N) is 1. The molecule has 2 unspecified atom stereocenters.